The number of hydrogen-bond donors (Lipinski definition) is 1. The first kappa shape index (κ1) is 19.7. The van der Waals surface area contributed by atoms with Gasteiger partial charge < -0.3 is 4.42 Å². The largest absolute Gasteiger partial charge is 0.455 e. The highest BCUT2D eigenvalue weighted by Crippen LogP contribution is 2.32. The van der Waals surface area contributed by atoms with Crippen molar-refractivity contribution in [2.45, 2.75) is 13.1 Å². The standard InChI is InChI=1S/C20H14ClF3N2O2/c1-12-5-7-16(17(21)9-12)19(27)26-25-11-15-6-8-18(28-15)13-3-2-4-14(10-13)20(22,23)24/h2-11H,1H3,(H,26,27)/b25-11-. The van der Waals surface area contributed by atoms with Gasteiger partial charge in [-0.2, -0.15) is 18.3 Å². The monoisotopic (exact) mass is 406 g/mol. The van der Waals surface area contributed by atoms with Gasteiger partial charge in [-0.1, -0.05) is 29.8 Å². The lowest BCUT2D eigenvalue weighted by atomic mass is 10.1. The van der Waals surface area contributed by atoms with Crippen molar-refractivity contribution in [3.63, 3.8) is 0 Å². The molecule has 0 unspecified atom stereocenters. The second-order valence-corrected chi connectivity index (χ2v) is 6.37. The van der Waals surface area contributed by atoms with Crippen LogP contribution in [0.5, 0.6) is 0 Å². The second kappa shape index (κ2) is 7.90. The van der Waals surface area contributed by atoms with E-state index in [1.54, 1.807) is 18.2 Å². The van der Waals surface area contributed by atoms with E-state index in [2.05, 4.69) is 10.5 Å². The molecule has 0 saturated heterocycles. The van der Waals surface area contributed by atoms with Crippen molar-refractivity contribution in [3.05, 3.63) is 82.1 Å². The van der Waals surface area contributed by atoms with E-state index >= 15 is 0 Å². The molecule has 0 aliphatic heterocycles. The van der Waals surface area contributed by atoms with Crippen molar-refractivity contribution < 1.29 is 22.4 Å². The van der Waals surface area contributed by atoms with Crippen LogP contribution in [0.4, 0.5) is 13.2 Å². The van der Waals surface area contributed by atoms with Gasteiger partial charge >= 0.3 is 6.18 Å². The molecule has 4 nitrogen and oxygen atoms in total. The average molecular weight is 407 g/mol. The van der Waals surface area contributed by atoms with E-state index in [1.165, 1.54) is 30.5 Å². The van der Waals surface area contributed by atoms with Crippen LogP contribution in [0, 0.1) is 6.92 Å². The smallest absolute Gasteiger partial charge is 0.416 e. The molecule has 0 radical (unpaired) electrons. The number of hydrazone groups is 1. The number of furan rings is 1. The summed E-state index contributed by atoms with van der Waals surface area (Å²) in [5.41, 5.74) is 3.03. The van der Waals surface area contributed by atoms with Crippen LogP contribution in [0.15, 0.2) is 64.1 Å². The molecule has 0 spiro atoms. The fourth-order valence-corrected chi connectivity index (χ4v) is 2.77. The zero-order chi connectivity index (χ0) is 20.3. The van der Waals surface area contributed by atoms with Gasteiger partial charge in [-0.3, -0.25) is 4.79 Å². The number of rotatable bonds is 4. The van der Waals surface area contributed by atoms with E-state index in [-0.39, 0.29) is 22.6 Å². The van der Waals surface area contributed by atoms with Gasteiger partial charge in [0.2, 0.25) is 0 Å². The Bertz CT molecular complexity index is 1040. The molecule has 1 aromatic heterocycles. The number of alkyl halides is 3. The van der Waals surface area contributed by atoms with E-state index in [0.717, 1.165) is 17.7 Å². The molecular formula is C20H14ClF3N2O2. The van der Waals surface area contributed by atoms with E-state index in [0.29, 0.717) is 5.02 Å². The van der Waals surface area contributed by atoms with Gasteiger partial charge in [-0.05, 0) is 48.9 Å². The fraction of sp³-hybridized carbons (Fsp3) is 0.100. The number of hydrogen-bond acceptors (Lipinski definition) is 3. The molecule has 0 bridgehead atoms. The van der Waals surface area contributed by atoms with Gasteiger partial charge in [-0.15, -0.1) is 0 Å². The van der Waals surface area contributed by atoms with Crippen LogP contribution in [-0.2, 0) is 6.18 Å². The SMILES string of the molecule is Cc1ccc(C(=O)N/N=C\c2ccc(-c3cccc(C(F)(F)F)c3)o2)c(Cl)c1. The average Bonchev–Trinajstić information content (AvgIpc) is 3.10. The molecule has 0 fully saturated rings. The maximum atomic E-state index is 12.8. The highest BCUT2D eigenvalue weighted by Gasteiger charge is 2.30. The number of benzene rings is 2. The predicted molar refractivity (Wildman–Crippen MR) is 100 cm³/mol. The third kappa shape index (κ3) is 4.61. The van der Waals surface area contributed by atoms with Crippen LogP contribution in [0.25, 0.3) is 11.3 Å². The molecule has 0 aliphatic rings. The Kier molecular flexibility index (Phi) is 5.56. The summed E-state index contributed by atoms with van der Waals surface area (Å²) in [5, 5.41) is 4.09. The Morgan fingerprint density at radius 1 is 1.14 bits per heavy atom. The van der Waals surface area contributed by atoms with E-state index in [1.807, 2.05) is 6.92 Å². The summed E-state index contributed by atoms with van der Waals surface area (Å²) in [6.45, 7) is 1.85. The van der Waals surface area contributed by atoms with E-state index in [4.69, 9.17) is 16.0 Å². The number of aryl methyl sites for hydroxylation is 1. The normalized spacial score (nSPS) is 11.8. The lowest BCUT2D eigenvalue weighted by Gasteiger charge is -2.07. The van der Waals surface area contributed by atoms with Gasteiger partial charge in [-0.25, -0.2) is 5.43 Å². The van der Waals surface area contributed by atoms with Crippen molar-refractivity contribution >= 4 is 23.7 Å². The third-order valence-electron chi connectivity index (χ3n) is 3.83. The minimum atomic E-state index is -4.44. The minimum absolute atomic E-state index is 0.250. The first-order valence-electron chi connectivity index (χ1n) is 8.11. The van der Waals surface area contributed by atoms with E-state index < -0.39 is 17.6 Å². The van der Waals surface area contributed by atoms with Crippen molar-refractivity contribution in [1.82, 2.24) is 5.43 Å². The maximum Gasteiger partial charge on any atom is 0.416 e. The zero-order valence-corrected chi connectivity index (χ0v) is 15.3. The van der Waals surface area contributed by atoms with Crippen molar-refractivity contribution in [3.8, 4) is 11.3 Å². The molecule has 0 saturated carbocycles. The fourth-order valence-electron chi connectivity index (χ4n) is 2.45. The van der Waals surface area contributed by atoms with Crippen molar-refractivity contribution in [2.75, 3.05) is 0 Å². The molecule has 3 rings (SSSR count). The van der Waals surface area contributed by atoms with Crippen LogP contribution in [0.3, 0.4) is 0 Å². The Morgan fingerprint density at radius 3 is 2.64 bits per heavy atom. The Balaban J connectivity index is 1.70. The summed E-state index contributed by atoms with van der Waals surface area (Å²) < 4.78 is 43.9. The number of carbonyl (C=O) groups is 1. The highest BCUT2D eigenvalue weighted by atomic mass is 35.5. The molecule has 2 aromatic carbocycles. The van der Waals surface area contributed by atoms with Crippen molar-refractivity contribution in [1.29, 1.82) is 0 Å². The summed E-state index contributed by atoms with van der Waals surface area (Å²) in [7, 11) is 0. The van der Waals surface area contributed by atoms with Crippen molar-refractivity contribution in [2.24, 2.45) is 5.10 Å². The first-order chi connectivity index (χ1) is 13.2. The zero-order valence-electron chi connectivity index (χ0n) is 14.5. The van der Waals surface area contributed by atoms with Crippen LogP contribution in [-0.4, -0.2) is 12.1 Å². The van der Waals surface area contributed by atoms with Gasteiger partial charge in [0.05, 0.1) is 22.4 Å². The van der Waals surface area contributed by atoms with Crippen LogP contribution >= 0.6 is 11.6 Å². The van der Waals surface area contributed by atoms with Gasteiger partial charge in [0.25, 0.3) is 5.91 Å². The Morgan fingerprint density at radius 2 is 1.93 bits per heavy atom. The summed E-state index contributed by atoms with van der Waals surface area (Å²) in [4.78, 5) is 12.1. The van der Waals surface area contributed by atoms with Crippen LogP contribution in [0.2, 0.25) is 5.02 Å². The second-order valence-electron chi connectivity index (χ2n) is 5.96. The third-order valence-corrected chi connectivity index (χ3v) is 4.14. The maximum absolute atomic E-state index is 12.8. The number of halogens is 4. The molecular weight excluding hydrogens is 393 g/mol. The van der Waals surface area contributed by atoms with Crippen LogP contribution in [0.1, 0.15) is 27.2 Å². The molecule has 0 aliphatic carbocycles. The quantitative estimate of drug-likeness (QED) is 0.447. The summed E-state index contributed by atoms with van der Waals surface area (Å²) in [5.74, 6) is 0.0223. The molecule has 144 valence electrons. The molecule has 1 N–H and O–H groups in total. The van der Waals surface area contributed by atoms with E-state index in [9.17, 15) is 18.0 Å². The van der Waals surface area contributed by atoms with Gasteiger partial charge in [0, 0.05) is 5.56 Å². The Hall–Kier alpha value is -3.06. The van der Waals surface area contributed by atoms with Gasteiger partial charge in [0.15, 0.2) is 0 Å². The summed E-state index contributed by atoms with van der Waals surface area (Å²) in [6.07, 6.45) is -3.19. The topological polar surface area (TPSA) is 54.6 Å². The van der Waals surface area contributed by atoms with Gasteiger partial charge in [0.1, 0.15) is 11.5 Å². The lowest BCUT2D eigenvalue weighted by Crippen LogP contribution is -2.18. The molecule has 28 heavy (non-hydrogen) atoms. The lowest BCUT2D eigenvalue weighted by molar-refractivity contribution is -0.137. The molecule has 8 heteroatoms. The minimum Gasteiger partial charge on any atom is -0.455 e. The number of amides is 1. The molecule has 1 amide bonds. The summed E-state index contributed by atoms with van der Waals surface area (Å²) in [6, 6.07) is 12.9. The number of nitrogens with zero attached hydrogens (tertiary/aromatic N) is 1. The number of carbonyl (C=O) groups excluding carboxylic acids is 1. The Labute approximate surface area is 163 Å². The predicted octanol–water partition coefficient (Wildman–Crippen LogP) is 5.69. The molecule has 3 aromatic rings. The first-order valence-corrected chi connectivity index (χ1v) is 8.49. The molecule has 1 heterocycles. The van der Waals surface area contributed by atoms with Crippen LogP contribution < -0.4 is 5.43 Å². The summed E-state index contributed by atoms with van der Waals surface area (Å²) >= 11 is 6.02. The molecule has 0 atom stereocenters. The number of nitrogens with one attached hydrogen (secondary N) is 1. The highest BCUT2D eigenvalue weighted by molar-refractivity contribution is 6.33.